The Morgan fingerprint density at radius 1 is 0.950 bits per heavy atom. The van der Waals surface area contributed by atoms with Crippen molar-refractivity contribution in [3.63, 3.8) is 0 Å². The molecule has 3 nitrogen and oxygen atoms in total. The highest BCUT2D eigenvalue weighted by Gasteiger charge is 2.25. The number of hydrogen-bond acceptors (Lipinski definition) is 3. The summed E-state index contributed by atoms with van der Waals surface area (Å²) in [6.45, 7) is 16.1. The van der Waals surface area contributed by atoms with Crippen molar-refractivity contribution >= 4 is 0 Å². The van der Waals surface area contributed by atoms with Gasteiger partial charge in [0.15, 0.2) is 0 Å². The quantitative estimate of drug-likeness (QED) is 0.665. The van der Waals surface area contributed by atoms with Crippen molar-refractivity contribution < 1.29 is 0 Å². The topological polar surface area (TPSA) is 18.5 Å². The van der Waals surface area contributed by atoms with Crippen LogP contribution in [0.2, 0.25) is 0 Å². The molecule has 0 spiro atoms. The summed E-state index contributed by atoms with van der Waals surface area (Å²) < 4.78 is 0. The Balaban J connectivity index is 4.15. The van der Waals surface area contributed by atoms with Crippen LogP contribution in [0, 0.1) is 0 Å². The maximum atomic E-state index is 3.39. The summed E-state index contributed by atoms with van der Waals surface area (Å²) in [5.74, 6) is 0. The molecule has 0 aliphatic heterocycles. The van der Waals surface area contributed by atoms with Gasteiger partial charge in [0.25, 0.3) is 0 Å². The molecule has 0 aliphatic carbocycles. The molecule has 0 atom stereocenters. The summed E-state index contributed by atoms with van der Waals surface area (Å²) in [6.07, 6.45) is 3.69. The molecule has 0 aromatic rings. The van der Waals surface area contributed by atoms with Crippen LogP contribution in [0.4, 0.5) is 0 Å². The van der Waals surface area contributed by atoms with Gasteiger partial charge in [-0.15, -0.1) is 0 Å². The van der Waals surface area contributed by atoms with E-state index >= 15 is 0 Å². The fourth-order valence-electron chi connectivity index (χ4n) is 2.09. The van der Waals surface area contributed by atoms with Crippen molar-refractivity contribution in [3.05, 3.63) is 0 Å². The van der Waals surface area contributed by atoms with Crippen LogP contribution in [0.3, 0.4) is 0 Å². The molecule has 0 saturated heterocycles. The van der Waals surface area contributed by atoms with Crippen molar-refractivity contribution in [2.24, 2.45) is 0 Å². The van der Waals surface area contributed by atoms with Crippen LogP contribution in [0.5, 0.6) is 0 Å². The van der Waals surface area contributed by atoms with Crippen molar-refractivity contribution in [2.75, 3.05) is 34.2 Å². The van der Waals surface area contributed by atoms with E-state index in [-0.39, 0.29) is 11.1 Å². The molecule has 1 N–H and O–H groups in total. The van der Waals surface area contributed by atoms with Gasteiger partial charge in [-0.05, 0) is 88.5 Å². The second-order valence-electron chi connectivity index (χ2n) is 7.80. The van der Waals surface area contributed by atoms with Crippen LogP contribution >= 0.6 is 0 Å². The summed E-state index contributed by atoms with van der Waals surface area (Å²) in [6, 6.07) is 0.646. The molecule has 0 radical (unpaired) electrons. The van der Waals surface area contributed by atoms with E-state index in [1.165, 1.54) is 25.8 Å². The molecule has 122 valence electrons. The van der Waals surface area contributed by atoms with Crippen molar-refractivity contribution in [3.8, 4) is 0 Å². The molecule has 0 aliphatic rings. The van der Waals surface area contributed by atoms with Crippen molar-refractivity contribution in [2.45, 2.75) is 77.9 Å². The first kappa shape index (κ1) is 19.9. The summed E-state index contributed by atoms with van der Waals surface area (Å²) >= 11 is 0. The molecular weight excluding hydrogens is 246 g/mol. The van der Waals surface area contributed by atoms with Crippen molar-refractivity contribution in [1.82, 2.24) is 15.1 Å². The molecule has 20 heavy (non-hydrogen) atoms. The highest BCUT2D eigenvalue weighted by atomic mass is 15.2. The molecule has 0 aromatic carbocycles. The van der Waals surface area contributed by atoms with Gasteiger partial charge in [0.1, 0.15) is 0 Å². The standard InChI is InChI=1S/C17H39N3/c1-15(2)19(8)13-10-11-17(5,6)20(9)14-12-16(3,4)18-7/h15,18H,10-14H2,1-9H3. The molecule has 0 rings (SSSR count). The lowest BCUT2D eigenvalue weighted by molar-refractivity contribution is 0.123. The second-order valence-corrected chi connectivity index (χ2v) is 7.80. The minimum atomic E-state index is 0.224. The summed E-state index contributed by atoms with van der Waals surface area (Å²) in [4.78, 5) is 4.95. The third-order valence-electron chi connectivity index (χ3n) is 4.96. The van der Waals surface area contributed by atoms with Gasteiger partial charge in [0.05, 0.1) is 0 Å². The maximum Gasteiger partial charge on any atom is 0.0150 e. The normalized spacial score (nSPS) is 13.8. The third-order valence-corrected chi connectivity index (χ3v) is 4.96. The fraction of sp³-hybridized carbons (Fsp3) is 1.00. The van der Waals surface area contributed by atoms with E-state index in [2.05, 4.69) is 70.8 Å². The van der Waals surface area contributed by atoms with Gasteiger partial charge < -0.3 is 15.1 Å². The summed E-state index contributed by atoms with van der Waals surface area (Å²) in [5, 5.41) is 3.39. The lowest BCUT2D eigenvalue weighted by atomic mass is 9.94. The molecule has 0 heterocycles. The van der Waals surface area contributed by atoms with E-state index in [0.717, 1.165) is 6.54 Å². The summed E-state index contributed by atoms with van der Waals surface area (Å²) in [5.41, 5.74) is 0.504. The van der Waals surface area contributed by atoms with Crippen LogP contribution < -0.4 is 5.32 Å². The average molecular weight is 286 g/mol. The zero-order chi connectivity index (χ0) is 16.0. The maximum absolute atomic E-state index is 3.39. The number of nitrogens with one attached hydrogen (secondary N) is 1. The molecule has 0 unspecified atom stereocenters. The zero-order valence-electron chi connectivity index (χ0n) is 15.5. The lowest BCUT2D eigenvalue weighted by Gasteiger charge is -2.38. The Morgan fingerprint density at radius 2 is 1.50 bits per heavy atom. The predicted octanol–water partition coefficient (Wildman–Crippen LogP) is 3.21. The molecule has 0 fully saturated rings. The van der Waals surface area contributed by atoms with E-state index in [4.69, 9.17) is 0 Å². The second kappa shape index (κ2) is 8.35. The van der Waals surface area contributed by atoms with Crippen LogP contribution in [-0.2, 0) is 0 Å². The Bertz CT molecular complexity index is 259. The highest BCUT2D eigenvalue weighted by Crippen LogP contribution is 2.21. The largest absolute Gasteiger partial charge is 0.315 e. The summed E-state index contributed by atoms with van der Waals surface area (Å²) in [7, 11) is 6.53. The first-order valence-electron chi connectivity index (χ1n) is 8.12. The van der Waals surface area contributed by atoms with Gasteiger partial charge in [-0.2, -0.15) is 0 Å². The SMILES string of the molecule is CNC(C)(C)CCN(C)C(C)(C)CCCN(C)C(C)C. The number of hydrogen-bond donors (Lipinski definition) is 1. The van der Waals surface area contributed by atoms with E-state index in [9.17, 15) is 0 Å². The number of nitrogens with zero attached hydrogens (tertiary/aromatic N) is 2. The smallest absolute Gasteiger partial charge is 0.0150 e. The Morgan fingerprint density at radius 3 is 1.95 bits per heavy atom. The Labute approximate surface area is 128 Å². The van der Waals surface area contributed by atoms with Gasteiger partial charge in [0.2, 0.25) is 0 Å². The molecule has 0 amide bonds. The van der Waals surface area contributed by atoms with E-state index in [1.54, 1.807) is 0 Å². The van der Waals surface area contributed by atoms with Crippen molar-refractivity contribution in [1.29, 1.82) is 0 Å². The Hall–Kier alpha value is -0.120. The molecule has 0 bridgehead atoms. The van der Waals surface area contributed by atoms with Crippen LogP contribution in [0.1, 0.15) is 60.8 Å². The minimum Gasteiger partial charge on any atom is -0.315 e. The lowest BCUT2D eigenvalue weighted by Crippen LogP contribution is -2.46. The molecule has 3 heteroatoms. The van der Waals surface area contributed by atoms with Gasteiger partial charge in [-0.25, -0.2) is 0 Å². The van der Waals surface area contributed by atoms with Gasteiger partial charge in [-0.3, -0.25) is 0 Å². The van der Waals surface area contributed by atoms with E-state index < -0.39 is 0 Å². The monoisotopic (exact) mass is 285 g/mol. The average Bonchev–Trinajstić information content (AvgIpc) is 2.35. The highest BCUT2D eigenvalue weighted by molar-refractivity contribution is 4.83. The first-order chi connectivity index (χ1) is 9.02. The van der Waals surface area contributed by atoms with E-state index in [0.29, 0.717) is 6.04 Å². The number of rotatable bonds is 10. The molecular formula is C17H39N3. The van der Waals surface area contributed by atoms with Gasteiger partial charge >= 0.3 is 0 Å². The first-order valence-corrected chi connectivity index (χ1v) is 8.12. The molecule has 0 aromatic heterocycles. The predicted molar refractivity (Wildman–Crippen MR) is 91.5 cm³/mol. The molecule has 0 saturated carbocycles. The third kappa shape index (κ3) is 7.61. The van der Waals surface area contributed by atoms with Crippen LogP contribution in [-0.4, -0.2) is 61.2 Å². The fourth-order valence-corrected chi connectivity index (χ4v) is 2.09. The van der Waals surface area contributed by atoms with Gasteiger partial charge in [0, 0.05) is 23.7 Å². The van der Waals surface area contributed by atoms with E-state index in [1.807, 2.05) is 7.05 Å². The van der Waals surface area contributed by atoms with Crippen LogP contribution in [0.15, 0.2) is 0 Å². The minimum absolute atomic E-state index is 0.224. The van der Waals surface area contributed by atoms with Gasteiger partial charge in [-0.1, -0.05) is 0 Å². The zero-order valence-corrected chi connectivity index (χ0v) is 15.5. The Kier molecular flexibility index (Phi) is 8.30. The van der Waals surface area contributed by atoms with Crippen LogP contribution in [0.25, 0.3) is 0 Å².